The maximum Gasteiger partial charge on any atom is 0.133 e. The Labute approximate surface area is 128 Å². The van der Waals surface area contributed by atoms with E-state index in [1.165, 1.54) is 5.56 Å². The van der Waals surface area contributed by atoms with Crippen molar-refractivity contribution in [1.29, 1.82) is 0 Å². The highest BCUT2D eigenvalue weighted by Gasteiger charge is 2.07. The van der Waals surface area contributed by atoms with E-state index in [0.29, 0.717) is 13.2 Å². The Kier molecular flexibility index (Phi) is 8.53. The minimum atomic E-state index is -0.484. The van der Waals surface area contributed by atoms with Gasteiger partial charge < -0.3 is 15.2 Å². The number of rotatable bonds is 9. The first-order valence-corrected chi connectivity index (χ1v) is 8.59. The smallest absolute Gasteiger partial charge is 0.133 e. The van der Waals surface area contributed by atoms with Crippen molar-refractivity contribution in [3.8, 4) is 5.75 Å². The van der Waals surface area contributed by atoms with Crippen LogP contribution in [-0.4, -0.2) is 42.9 Å². The van der Waals surface area contributed by atoms with Crippen molar-refractivity contribution >= 4 is 27.7 Å². The first kappa shape index (κ1) is 16.8. The number of benzene rings is 1. The Bertz CT molecular complexity index is 376. The van der Waals surface area contributed by atoms with E-state index in [1.54, 1.807) is 0 Å². The topological polar surface area (TPSA) is 41.5 Å². The van der Waals surface area contributed by atoms with Crippen LogP contribution in [-0.2, 0) is 0 Å². The van der Waals surface area contributed by atoms with Gasteiger partial charge in [0.1, 0.15) is 18.5 Å². The lowest BCUT2D eigenvalue weighted by molar-refractivity contribution is 0.106. The molecule has 0 aromatic heterocycles. The molecule has 108 valence electrons. The van der Waals surface area contributed by atoms with Gasteiger partial charge in [-0.05, 0) is 65.5 Å². The maximum atomic E-state index is 9.80. The predicted octanol–water partition coefficient (Wildman–Crippen LogP) is 2.84. The van der Waals surface area contributed by atoms with Gasteiger partial charge in [0.25, 0.3) is 0 Å². The predicted molar refractivity (Wildman–Crippen MR) is 86.2 cm³/mol. The molecule has 0 fully saturated rings. The summed E-state index contributed by atoms with van der Waals surface area (Å²) in [5.74, 6) is 1.92. The number of hydrogen-bond acceptors (Lipinski definition) is 4. The molecule has 0 heterocycles. The third kappa shape index (κ3) is 7.20. The summed E-state index contributed by atoms with van der Waals surface area (Å²) in [6.45, 7) is 3.84. The van der Waals surface area contributed by atoms with Gasteiger partial charge in [-0.2, -0.15) is 11.8 Å². The summed E-state index contributed by atoms with van der Waals surface area (Å²) in [6.07, 6.45) is 2.74. The Hall–Kier alpha value is -0.230. The molecule has 0 bridgehead atoms. The average Bonchev–Trinajstić information content (AvgIpc) is 2.37. The molecular weight excluding hydrogens is 326 g/mol. The largest absolute Gasteiger partial charge is 0.490 e. The molecule has 3 nitrogen and oxygen atoms in total. The average molecular weight is 348 g/mol. The summed E-state index contributed by atoms with van der Waals surface area (Å²) in [5, 5.41) is 13.0. The van der Waals surface area contributed by atoms with E-state index in [0.717, 1.165) is 28.9 Å². The lowest BCUT2D eigenvalue weighted by Crippen LogP contribution is -2.32. The number of nitrogens with one attached hydrogen (secondary N) is 1. The minimum Gasteiger partial charge on any atom is -0.490 e. The van der Waals surface area contributed by atoms with E-state index in [4.69, 9.17) is 4.74 Å². The van der Waals surface area contributed by atoms with E-state index in [9.17, 15) is 5.11 Å². The standard InChI is InChI=1S/C14H22BrNO2S/c1-11-4-5-14(13(15)8-11)18-10-12(17)9-16-6-3-7-19-2/h4-5,8,12,16-17H,3,6-7,9-10H2,1-2H3. The van der Waals surface area contributed by atoms with Crippen molar-refractivity contribution in [2.24, 2.45) is 0 Å². The van der Waals surface area contributed by atoms with Gasteiger partial charge in [-0.1, -0.05) is 6.07 Å². The third-order valence-electron chi connectivity index (χ3n) is 2.60. The Morgan fingerprint density at radius 3 is 2.95 bits per heavy atom. The molecule has 0 saturated carbocycles. The van der Waals surface area contributed by atoms with E-state index in [-0.39, 0.29) is 0 Å². The van der Waals surface area contributed by atoms with E-state index >= 15 is 0 Å². The van der Waals surface area contributed by atoms with Gasteiger partial charge in [0, 0.05) is 6.54 Å². The van der Waals surface area contributed by atoms with E-state index < -0.39 is 6.10 Å². The fourth-order valence-electron chi connectivity index (χ4n) is 1.58. The number of halogens is 1. The van der Waals surface area contributed by atoms with Crippen molar-refractivity contribution in [1.82, 2.24) is 5.32 Å². The van der Waals surface area contributed by atoms with Gasteiger partial charge in [0.05, 0.1) is 4.47 Å². The van der Waals surface area contributed by atoms with Crippen LogP contribution >= 0.6 is 27.7 Å². The molecular formula is C14H22BrNO2S. The van der Waals surface area contributed by atoms with Crippen molar-refractivity contribution in [3.05, 3.63) is 28.2 Å². The molecule has 0 radical (unpaired) electrons. The van der Waals surface area contributed by atoms with Crippen LogP contribution in [0.2, 0.25) is 0 Å². The fraction of sp³-hybridized carbons (Fsp3) is 0.571. The van der Waals surface area contributed by atoms with Gasteiger partial charge in [-0.3, -0.25) is 0 Å². The molecule has 1 atom stereocenters. The quantitative estimate of drug-likeness (QED) is 0.674. The Morgan fingerprint density at radius 1 is 1.47 bits per heavy atom. The maximum absolute atomic E-state index is 9.80. The number of aryl methyl sites for hydroxylation is 1. The molecule has 1 aromatic carbocycles. The molecule has 2 N–H and O–H groups in total. The van der Waals surface area contributed by atoms with Crippen LogP contribution in [0.1, 0.15) is 12.0 Å². The first-order chi connectivity index (χ1) is 9.13. The van der Waals surface area contributed by atoms with E-state index in [1.807, 2.05) is 36.9 Å². The molecule has 5 heteroatoms. The van der Waals surface area contributed by atoms with Crippen LogP contribution in [0, 0.1) is 6.92 Å². The van der Waals surface area contributed by atoms with Gasteiger partial charge in [-0.25, -0.2) is 0 Å². The summed E-state index contributed by atoms with van der Waals surface area (Å²) in [6, 6.07) is 5.91. The molecule has 1 unspecified atom stereocenters. The van der Waals surface area contributed by atoms with Crippen molar-refractivity contribution in [2.75, 3.05) is 31.7 Å². The Balaban J connectivity index is 2.20. The molecule has 0 saturated heterocycles. The van der Waals surface area contributed by atoms with Gasteiger partial charge >= 0.3 is 0 Å². The molecule has 0 spiro atoms. The number of hydrogen-bond donors (Lipinski definition) is 2. The molecule has 1 rings (SSSR count). The number of thioether (sulfide) groups is 1. The van der Waals surface area contributed by atoms with Gasteiger partial charge in [0.15, 0.2) is 0 Å². The highest BCUT2D eigenvalue weighted by atomic mass is 79.9. The minimum absolute atomic E-state index is 0.303. The molecule has 19 heavy (non-hydrogen) atoms. The lowest BCUT2D eigenvalue weighted by Gasteiger charge is -2.14. The summed E-state index contributed by atoms with van der Waals surface area (Å²) in [7, 11) is 0. The second-order valence-electron chi connectivity index (χ2n) is 4.45. The fourth-order valence-corrected chi connectivity index (χ4v) is 2.62. The lowest BCUT2D eigenvalue weighted by atomic mass is 10.2. The zero-order valence-electron chi connectivity index (χ0n) is 11.5. The highest BCUT2D eigenvalue weighted by Crippen LogP contribution is 2.25. The summed E-state index contributed by atoms with van der Waals surface area (Å²) >= 11 is 5.29. The summed E-state index contributed by atoms with van der Waals surface area (Å²) in [4.78, 5) is 0. The van der Waals surface area contributed by atoms with Gasteiger partial charge in [0.2, 0.25) is 0 Å². The zero-order valence-corrected chi connectivity index (χ0v) is 13.9. The third-order valence-corrected chi connectivity index (χ3v) is 3.92. The van der Waals surface area contributed by atoms with Crippen LogP contribution < -0.4 is 10.1 Å². The summed E-state index contributed by atoms with van der Waals surface area (Å²) in [5.41, 5.74) is 1.18. The molecule has 0 aliphatic carbocycles. The molecule has 0 aliphatic heterocycles. The highest BCUT2D eigenvalue weighted by molar-refractivity contribution is 9.10. The van der Waals surface area contributed by atoms with Crippen molar-refractivity contribution in [2.45, 2.75) is 19.4 Å². The van der Waals surface area contributed by atoms with Crippen LogP contribution in [0.25, 0.3) is 0 Å². The van der Waals surface area contributed by atoms with Crippen molar-refractivity contribution < 1.29 is 9.84 Å². The second kappa shape index (κ2) is 9.64. The Morgan fingerprint density at radius 2 is 2.26 bits per heavy atom. The second-order valence-corrected chi connectivity index (χ2v) is 6.29. The van der Waals surface area contributed by atoms with Crippen LogP contribution in [0.5, 0.6) is 5.75 Å². The van der Waals surface area contributed by atoms with Crippen LogP contribution in [0.15, 0.2) is 22.7 Å². The SMILES string of the molecule is CSCCCNCC(O)COc1ccc(C)cc1Br. The normalized spacial score (nSPS) is 12.4. The summed E-state index contributed by atoms with van der Waals surface area (Å²) < 4.78 is 6.51. The number of ether oxygens (including phenoxy) is 1. The molecule has 0 amide bonds. The molecule has 0 aliphatic rings. The van der Waals surface area contributed by atoms with Crippen LogP contribution in [0.4, 0.5) is 0 Å². The van der Waals surface area contributed by atoms with E-state index in [2.05, 4.69) is 27.5 Å². The molecule has 1 aromatic rings. The van der Waals surface area contributed by atoms with Crippen LogP contribution in [0.3, 0.4) is 0 Å². The van der Waals surface area contributed by atoms with Gasteiger partial charge in [-0.15, -0.1) is 0 Å². The monoisotopic (exact) mass is 347 g/mol. The zero-order chi connectivity index (χ0) is 14.1. The number of aliphatic hydroxyl groups is 1. The number of aliphatic hydroxyl groups excluding tert-OH is 1. The first-order valence-electron chi connectivity index (χ1n) is 6.40. The van der Waals surface area contributed by atoms with Crippen molar-refractivity contribution in [3.63, 3.8) is 0 Å².